The van der Waals surface area contributed by atoms with Gasteiger partial charge in [-0.05, 0) is 25.0 Å². The number of hydrogen-bond donors (Lipinski definition) is 5. The first-order valence-corrected chi connectivity index (χ1v) is 9.45. The highest BCUT2D eigenvalue weighted by molar-refractivity contribution is 8.02. The molecular weight excluding hydrogens is 348 g/mol. The summed E-state index contributed by atoms with van der Waals surface area (Å²) in [6.45, 7) is 1.03. The molecule has 2 rings (SSSR count). The number of hydrogen-bond acceptors (Lipinski definition) is 5. The molecule has 6 N–H and O–H groups in total. The molecule has 10 nitrogen and oxygen atoms in total. The highest BCUT2D eigenvalue weighted by Crippen LogP contribution is 2.32. The van der Waals surface area contributed by atoms with E-state index in [0.29, 0.717) is 30.2 Å². The number of rotatable bonds is 9. The van der Waals surface area contributed by atoms with Crippen molar-refractivity contribution in [1.82, 2.24) is 5.32 Å². The van der Waals surface area contributed by atoms with E-state index in [1.165, 1.54) is 0 Å². The first kappa shape index (κ1) is 18.6. The highest BCUT2D eigenvalue weighted by Gasteiger charge is 2.25. The summed E-state index contributed by atoms with van der Waals surface area (Å²) in [6.07, 6.45) is 3.54. The van der Waals surface area contributed by atoms with E-state index in [1.807, 2.05) is 0 Å². The number of carbonyl (C=O) groups is 1. The third-order valence-electron chi connectivity index (χ3n) is 3.53. The predicted octanol–water partition coefficient (Wildman–Crippen LogP) is 0.953. The Bertz CT molecular complexity index is 723. The molecule has 0 saturated carbocycles. The predicted molar refractivity (Wildman–Crippen MR) is 97.7 cm³/mol. The quantitative estimate of drug-likeness (QED) is 0.248. The zero-order valence-electron chi connectivity index (χ0n) is 13.6. The second-order valence-corrected chi connectivity index (χ2v) is 7.13. The fourth-order valence-corrected chi connectivity index (χ4v) is 3.42. The molecule has 2 amide bonds. The maximum Gasteiger partial charge on any atom is 0.312 e. The number of nitrogens with one attached hydrogen (secondary N) is 2. The molecule has 0 unspecified atom stereocenters. The lowest BCUT2D eigenvalue weighted by Gasteiger charge is -2.24. The van der Waals surface area contributed by atoms with Gasteiger partial charge in [0.25, 0.3) is 0 Å². The molecule has 1 heterocycles. The van der Waals surface area contributed by atoms with Crippen molar-refractivity contribution in [2.45, 2.75) is 25.7 Å². The van der Waals surface area contributed by atoms with Crippen LogP contribution in [-0.4, -0.2) is 29.2 Å². The van der Waals surface area contributed by atoms with Crippen molar-refractivity contribution in [2.75, 3.05) is 17.9 Å². The minimum atomic E-state index is -3.77. The fraction of sp³-hybridized carbons (Fsp3) is 0.429. The molecule has 0 fully saturated rings. The maximum atomic E-state index is 12.0. The molecule has 0 bridgehead atoms. The molecule has 1 aromatic carbocycles. The van der Waals surface area contributed by atoms with Gasteiger partial charge in [0, 0.05) is 11.1 Å². The number of ether oxygens (including phenoxy) is 1. The number of anilines is 1. The van der Waals surface area contributed by atoms with Crippen LogP contribution in [0.3, 0.4) is 0 Å². The molecule has 11 heteroatoms. The van der Waals surface area contributed by atoms with Crippen molar-refractivity contribution in [2.24, 2.45) is 20.4 Å². The largest absolute Gasteiger partial charge is 0.493 e. The van der Waals surface area contributed by atoms with E-state index in [9.17, 15) is 13.9 Å². The van der Waals surface area contributed by atoms with Crippen LogP contribution in [0, 0.1) is 4.91 Å². The number of fused-ring (bicyclic) bond motifs is 1. The third kappa shape index (κ3) is 5.14. The maximum absolute atomic E-state index is 12.0. The number of urea groups is 1. The molecule has 25 heavy (non-hydrogen) atoms. The Morgan fingerprint density at radius 1 is 1.32 bits per heavy atom. The lowest BCUT2D eigenvalue weighted by molar-refractivity contribution is 0.248. The van der Waals surface area contributed by atoms with Gasteiger partial charge < -0.3 is 21.5 Å². The van der Waals surface area contributed by atoms with E-state index in [0.717, 1.165) is 25.7 Å². The number of primary amides is 1. The first-order valence-electron chi connectivity index (χ1n) is 7.83. The summed E-state index contributed by atoms with van der Waals surface area (Å²) >= 11 is 0. The van der Waals surface area contributed by atoms with Crippen LogP contribution in [0.4, 0.5) is 10.5 Å². The SMILES string of the molecule is NC(=O)NCCCCCCOc1cccc2c1C(N)=N[SH](=O)(N=O)N2. The second-order valence-electron chi connectivity index (χ2n) is 5.46. The van der Waals surface area contributed by atoms with Crippen molar-refractivity contribution in [3.05, 3.63) is 28.7 Å². The summed E-state index contributed by atoms with van der Waals surface area (Å²) in [5.74, 6) is 0.462. The molecule has 1 aliphatic heterocycles. The molecule has 0 aromatic heterocycles. The van der Waals surface area contributed by atoms with Gasteiger partial charge in [0.05, 0.1) is 17.9 Å². The topological polar surface area (TPSA) is 161 Å². The first-order chi connectivity index (χ1) is 11.9. The minimum absolute atomic E-state index is 0.0372. The standard InChI is InChI=1S/C14H22N6O4S/c15-13-12-10(18-25(23,19-13)20-22)6-5-7-11(12)24-9-4-2-1-3-8-17-14(16)21/h5-7,25H,1-4,8-9H2,(H3,16,17,21)(H3,15,18,19,23). The average Bonchev–Trinajstić information content (AvgIpc) is 2.56. The van der Waals surface area contributed by atoms with Crippen LogP contribution in [0.1, 0.15) is 31.2 Å². The van der Waals surface area contributed by atoms with Crippen LogP contribution in [-0.2, 0) is 10.5 Å². The number of nitroso groups, excluding NO2 is 1. The lowest BCUT2D eigenvalue weighted by atomic mass is 10.1. The number of thiol groups is 1. The molecule has 0 spiro atoms. The normalized spacial score (nSPS) is 15.9. The van der Waals surface area contributed by atoms with E-state index in [-0.39, 0.29) is 5.84 Å². The summed E-state index contributed by atoms with van der Waals surface area (Å²) < 4.78 is 26.4. The molecule has 0 saturated heterocycles. The molecule has 1 aromatic rings. The van der Waals surface area contributed by atoms with Crippen LogP contribution in [0.15, 0.2) is 27.2 Å². The lowest BCUT2D eigenvalue weighted by Crippen LogP contribution is -2.30. The molecule has 0 radical (unpaired) electrons. The number of amides is 2. The van der Waals surface area contributed by atoms with Crippen LogP contribution in [0.5, 0.6) is 5.75 Å². The summed E-state index contributed by atoms with van der Waals surface area (Å²) in [6, 6.07) is 4.54. The Morgan fingerprint density at radius 3 is 2.80 bits per heavy atom. The van der Waals surface area contributed by atoms with E-state index in [4.69, 9.17) is 16.2 Å². The van der Waals surface area contributed by atoms with Crippen molar-refractivity contribution in [3.8, 4) is 5.75 Å². The van der Waals surface area contributed by atoms with Gasteiger partial charge in [0.1, 0.15) is 11.6 Å². The van der Waals surface area contributed by atoms with Gasteiger partial charge in [-0.3, -0.25) is 4.72 Å². The highest BCUT2D eigenvalue weighted by atomic mass is 32.3. The van der Waals surface area contributed by atoms with E-state index < -0.39 is 16.5 Å². The van der Waals surface area contributed by atoms with Crippen LogP contribution >= 0.6 is 0 Å². The monoisotopic (exact) mass is 370 g/mol. The number of amidine groups is 1. The number of nitrogens with zero attached hydrogens (tertiary/aromatic N) is 2. The molecule has 0 aliphatic carbocycles. The Morgan fingerprint density at radius 2 is 2.08 bits per heavy atom. The van der Waals surface area contributed by atoms with Crippen molar-refractivity contribution in [3.63, 3.8) is 0 Å². The molecule has 0 atom stereocenters. The number of carbonyl (C=O) groups excluding carboxylic acids is 1. The average molecular weight is 370 g/mol. The Hall–Kier alpha value is -2.69. The van der Waals surface area contributed by atoms with Crippen LogP contribution in [0.2, 0.25) is 0 Å². The zero-order valence-corrected chi connectivity index (χ0v) is 14.5. The van der Waals surface area contributed by atoms with Gasteiger partial charge in [0.15, 0.2) is 10.5 Å². The second kappa shape index (κ2) is 8.42. The third-order valence-corrected chi connectivity index (χ3v) is 4.77. The van der Waals surface area contributed by atoms with E-state index in [2.05, 4.69) is 19.0 Å². The summed E-state index contributed by atoms with van der Waals surface area (Å²) in [5, 5.41) is 2.53. The zero-order chi connectivity index (χ0) is 18.3. The van der Waals surface area contributed by atoms with Gasteiger partial charge in [0.2, 0.25) is 0 Å². The summed E-state index contributed by atoms with van der Waals surface area (Å²) in [5.41, 5.74) is 11.7. The number of unbranched alkanes of at least 4 members (excludes halogenated alkanes) is 3. The summed E-state index contributed by atoms with van der Waals surface area (Å²) in [7, 11) is -3.77. The smallest absolute Gasteiger partial charge is 0.312 e. The Kier molecular flexibility index (Phi) is 6.28. The van der Waals surface area contributed by atoms with Gasteiger partial charge in [-0.2, -0.15) is 4.40 Å². The number of nitrogens with two attached hydrogens (primary N) is 2. The van der Waals surface area contributed by atoms with Gasteiger partial charge in [-0.15, -0.1) is 4.91 Å². The molecule has 1 aliphatic rings. The molecular formula is C14H22N6O4S. The van der Waals surface area contributed by atoms with Crippen LogP contribution in [0.25, 0.3) is 0 Å². The fourth-order valence-electron chi connectivity index (χ4n) is 2.40. The van der Waals surface area contributed by atoms with Gasteiger partial charge in [-0.25, -0.2) is 9.00 Å². The number of benzene rings is 1. The Labute approximate surface area is 146 Å². The minimum Gasteiger partial charge on any atom is -0.493 e. The van der Waals surface area contributed by atoms with Crippen molar-refractivity contribution in [1.29, 1.82) is 0 Å². The van der Waals surface area contributed by atoms with Crippen LogP contribution < -0.4 is 26.2 Å². The van der Waals surface area contributed by atoms with Gasteiger partial charge in [-0.1, -0.05) is 18.9 Å². The van der Waals surface area contributed by atoms with E-state index >= 15 is 0 Å². The van der Waals surface area contributed by atoms with Crippen molar-refractivity contribution >= 4 is 28.0 Å². The Balaban J connectivity index is 1.85. The summed E-state index contributed by atoms with van der Waals surface area (Å²) in [4.78, 5) is 21.2. The van der Waals surface area contributed by atoms with Gasteiger partial charge >= 0.3 is 6.03 Å². The van der Waals surface area contributed by atoms with E-state index in [1.54, 1.807) is 18.2 Å². The van der Waals surface area contributed by atoms with Crippen molar-refractivity contribution < 1.29 is 13.7 Å². The molecule has 138 valence electrons.